The van der Waals surface area contributed by atoms with Crippen LogP contribution in [0.5, 0.6) is 5.75 Å². The zero-order chi connectivity index (χ0) is 17.5. The van der Waals surface area contributed by atoms with Crippen molar-refractivity contribution in [2.24, 2.45) is 0 Å². The van der Waals surface area contributed by atoms with E-state index in [4.69, 9.17) is 9.26 Å². The molecule has 0 saturated heterocycles. The molecule has 2 saturated carbocycles. The molecule has 1 aromatic carbocycles. The van der Waals surface area contributed by atoms with Crippen LogP contribution in [-0.4, -0.2) is 32.0 Å². The first kappa shape index (κ1) is 15.9. The van der Waals surface area contributed by atoms with Gasteiger partial charge in [0, 0.05) is 17.5 Å². The van der Waals surface area contributed by atoms with Crippen LogP contribution in [0.25, 0.3) is 11.4 Å². The molecule has 2 aliphatic rings. The number of ether oxygens (including phenoxy) is 1. The van der Waals surface area contributed by atoms with Crippen molar-refractivity contribution in [1.29, 1.82) is 0 Å². The van der Waals surface area contributed by atoms with Crippen molar-refractivity contribution in [3.05, 3.63) is 36.0 Å². The number of aromatic nitrogens is 5. The second-order valence-corrected chi connectivity index (χ2v) is 7.69. The predicted molar refractivity (Wildman–Crippen MR) is 96.1 cm³/mol. The van der Waals surface area contributed by atoms with Gasteiger partial charge in [-0.1, -0.05) is 29.1 Å². The molecule has 0 radical (unpaired) electrons. The van der Waals surface area contributed by atoms with Crippen molar-refractivity contribution in [3.8, 4) is 17.1 Å². The number of thioether (sulfide) groups is 1. The first-order chi connectivity index (χ1) is 12.8. The standard InChI is InChI=1S/C18H19N5O2S/c1-24-14-4-2-3-12(9-14)16-19-15(25-22-16)10-26-18-21-20-17(11-5-6-11)23(18)13-7-8-13/h2-4,9,11,13H,5-8,10H2,1H3. The number of benzene rings is 1. The lowest BCUT2D eigenvalue weighted by molar-refractivity contribution is 0.391. The normalized spacial score (nSPS) is 16.8. The molecule has 0 bridgehead atoms. The van der Waals surface area contributed by atoms with E-state index in [1.807, 2.05) is 24.3 Å². The van der Waals surface area contributed by atoms with Crippen LogP contribution in [0.15, 0.2) is 33.9 Å². The van der Waals surface area contributed by atoms with E-state index in [-0.39, 0.29) is 0 Å². The zero-order valence-electron chi connectivity index (χ0n) is 14.5. The van der Waals surface area contributed by atoms with Crippen LogP contribution in [0.3, 0.4) is 0 Å². The zero-order valence-corrected chi connectivity index (χ0v) is 15.3. The highest BCUT2D eigenvalue weighted by Crippen LogP contribution is 2.46. The first-order valence-corrected chi connectivity index (χ1v) is 9.85. The lowest BCUT2D eigenvalue weighted by Gasteiger charge is -2.06. The fourth-order valence-corrected chi connectivity index (χ4v) is 3.85. The summed E-state index contributed by atoms with van der Waals surface area (Å²) in [6, 6.07) is 8.22. The second kappa shape index (κ2) is 6.42. The summed E-state index contributed by atoms with van der Waals surface area (Å²) in [7, 11) is 1.64. The maximum Gasteiger partial charge on any atom is 0.237 e. The van der Waals surface area contributed by atoms with Crippen LogP contribution in [-0.2, 0) is 5.75 Å². The topological polar surface area (TPSA) is 78.9 Å². The van der Waals surface area contributed by atoms with Crippen LogP contribution in [0.1, 0.15) is 49.4 Å². The Morgan fingerprint density at radius 2 is 2.12 bits per heavy atom. The molecule has 26 heavy (non-hydrogen) atoms. The summed E-state index contributed by atoms with van der Waals surface area (Å²) in [5.74, 6) is 4.30. The minimum atomic E-state index is 0.571. The molecular formula is C18H19N5O2S. The summed E-state index contributed by atoms with van der Waals surface area (Å²) in [4.78, 5) is 4.50. The van der Waals surface area contributed by atoms with Crippen LogP contribution in [0.4, 0.5) is 0 Å². The smallest absolute Gasteiger partial charge is 0.237 e. The lowest BCUT2D eigenvalue weighted by Crippen LogP contribution is -2.01. The predicted octanol–water partition coefficient (Wildman–Crippen LogP) is 3.84. The van der Waals surface area contributed by atoms with Crippen molar-refractivity contribution in [2.75, 3.05) is 7.11 Å². The van der Waals surface area contributed by atoms with E-state index in [1.54, 1.807) is 18.9 Å². The van der Waals surface area contributed by atoms with Gasteiger partial charge in [-0.05, 0) is 37.8 Å². The largest absolute Gasteiger partial charge is 0.497 e. The van der Waals surface area contributed by atoms with Gasteiger partial charge in [-0.2, -0.15) is 4.98 Å². The van der Waals surface area contributed by atoms with E-state index in [0.717, 1.165) is 22.3 Å². The van der Waals surface area contributed by atoms with Gasteiger partial charge in [0.1, 0.15) is 11.6 Å². The fraction of sp³-hybridized carbons (Fsp3) is 0.444. The number of methoxy groups -OCH3 is 1. The summed E-state index contributed by atoms with van der Waals surface area (Å²) < 4.78 is 13.0. The molecule has 0 aliphatic heterocycles. The number of hydrogen-bond donors (Lipinski definition) is 0. The molecular weight excluding hydrogens is 350 g/mol. The maximum atomic E-state index is 5.42. The van der Waals surface area contributed by atoms with Gasteiger partial charge in [-0.3, -0.25) is 0 Å². The third kappa shape index (κ3) is 3.09. The summed E-state index contributed by atoms with van der Waals surface area (Å²) in [5.41, 5.74) is 0.876. The van der Waals surface area contributed by atoms with Crippen LogP contribution >= 0.6 is 11.8 Å². The van der Waals surface area contributed by atoms with Gasteiger partial charge in [-0.25, -0.2) is 0 Å². The molecule has 2 aromatic heterocycles. The highest BCUT2D eigenvalue weighted by atomic mass is 32.2. The highest BCUT2D eigenvalue weighted by Gasteiger charge is 2.36. The summed E-state index contributed by atoms with van der Waals surface area (Å²) >= 11 is 1.62. The molecule has 0 atom stereocenters. The molecule has 8 heteroatoms. The average Bonchev–Trinajstić information content (AvgIpc) is 3.61. The molecule has 2 aliphatic carbocycles. The molecule has 134 valence electrons. The molecule has 5 rings (SSSR count). The lowest BCUT2D eigenvalue weighted by atomic mass is 10.2. The van der Waals surface area contributed by atoms with Gasteiger partial charge in [0.05, 0.1) is 12.9 Å². The van der Waals surface area contributed by atoms with Crippen molar-refractivity contribution in [3.63, 3.8) is 0 Å². The molecule has 3 aromatic rings. The van der Waals surface area contributed by atoms with E-state index < -0.39 is 0 Å². The summed E-state index contributed by atoms with van der Waals surface area (Å²) in [6.07, 6.45) is 4.93. The van der Waals surface area contributed by atoms with Gasteiger partial charge in [-0.15, -0.1) is 10.2 Å². The average molecular weight is 369 g/mol. The van der Waals surface area contributed by atoms with E-state index in [9.17, 15) is 0 Å². The molecule has 2 heterocycles. The second-order valence-electron chi connectivity index (χ2n) is 6.75. The number of hydrogen-bond acceptors (Lipinski definition) is 7. The molecule has 0 spiro atoms. The molecule has 0 amide bonds. The Bertz CT molecular complexity index is 929. The Hall–Kier alpha value is -2.35. The first-order valence-electron chi connectivity index (χ1n) is 8.86. The van der Waals surface area contributed by atoms with Gasteiger partial charge in [0.2, 0.25) is 11.7 Å². The third-order valence-corrected chi connectivity index (χ3v) is 5.59. The van der Waals surface area contributed by atoms with Gasteiger partial charge >= 0.3 is 0 Å². The van der Waals surface area contributed by atoms with Gasteiger partial charge in [0.15, 0.2) is 5.16 Å². The quantitative estimate of drug-likeness (QED) is 0.585. The van der Waals surface area contributed by atoms with E-state index in [1.165, 1.54) is 25.7 Å². The van der Waals surface area contributed by atoms with E-state index in [2.05, 4.69) is 24.9 Å². The SMILES string of the molecule is COc1cccc(-c2noc(CSc3nnc(C4CC4)n3C3CC3)n2)c1. The fourth-order valence-electron chi connectivity index (χ4n) is 3.00. The molecule has 7 nitrogen and oxygen atoms in total. The van der Waals surface area contributed by atoms with Crippen molar-refractivity contribution >= 4 is 11.8 Å². The van der Waals surface area contributed by atoms with Crippen LogP contribution in [0.2, 0.25) is 0 Å². The van der Waals surface area contributed by atoms with E-state index in [0.29, 0.717) is 29.4 Å². The molecule has 0 N–H and O–H groups in total. The third-order valence-electron chi connectivity index (χ3n) is 4.67. The minimum absolute atomic E-state index is 0.571. The highest BCUT2D eigenvalue weighted by molar-refractivity contribution is 7.98. The van der Waals surface area contributed by atoms with Crippen LogP contribution in [0, 0.1) is 0 Å². The van der Waals surface area contributed by atoms with E-state index >= 15 is 0 Å². The summed E-state index contributed by atoms with van der Waals surface area (Å²) in [5, 5.41) is 13.9. The maximum absolute atomic E-state index is 5.42. The monoisotopic (exact) mass is 369 g/mol. The van der Waals surface area contributed by atoms with Gasteiger partial charge in [0.25, 0.3) is 0 Å². The minimum Gasteiger partial charge on any atom is -0.497 e. The molecule has 2 fully saturated rings. The van der Waals surface area contributed by atoms with Gasteiger partial charge < -0.3 is 13.8 Å². The Morgan fingerprint density at radius 3 is 2.88 bits per heavy atom. The number of rotatable bonds is 7. The Morgan fingerprint density at radius 1 is 1.23 bits per heavy atom. The Balaban J connectivity index is 1.31. The van der Waals surface area contributed by atoms with Crippen molar-refractivity contribution < 1.29 is 9.26 Å². The summed E-state index contributed by atoms with van der Waals surface area (Å²) in [6.45, 7) is 0. The number of nitrogens with zero attached hydrogens (tertiary/aromatic N) is 5. The van der Waals surface area contributed by atoms with Crippen LogP contribution < -0.4 is 4.74 Å². The Kier molecular flexibility index (Phi) is 3.92. The molecule has 0 unspecified atom stereocenters. The van der Waals surface area contributed by atoms with Crippen molar-refractivity contribution in [2.45, 2.75) is 48.6 Å². The Labute approximate surface area is 155 Å². The van der Waals surface area contributed by atoms with Crippen molar-refractivity contribution in [1.82, 2.24) is 24.9 Å².